The average Bonchev–Trinajstić information content (AvgIpc) is 2.83. The van der Waals surface area contributed by atoms with Gasteiger partial charge in [0.1, 0.15) is 5.75 Å². The fourth-order valence-corrected chi connectivity index (χ4v) is 1.90. The molecule has 1 fully saturated rings. The van der Waals surface area contributed by atoms with E-state index in [2.05, 4.69) is 6.92 Å². The molecule has 0 spiro atoms. The van der Waals surface area contributed by atoms with Crippen LogP contribution in [-0.2, 0) is 9.47 Å². The van der Waals surface area contributed by atoms with E-state index in [-0.39, 0.29) is 6.29 Å². The first-order chi connectivity index (χ1) is 8.22. The quantitative estimate of drug-likeness (QED) is 0.825. The minimum absolute atomic E-state index is 0.347. The number of hydrogen-bond donors (Lipinski definition) is 0. The number of benzene rings is 1. The summed E-state index contributed by atoms with van der Waals surface area (Å²) in [5.41, 5.74) is 1.88. The van der Waals surface area contributed by atoms with Crippen molar-refractivity contribution in [1.82, 2.24) is 0 Å². The maximum Gasteiger partial charge on any atom is 0.187 e. The Labute approximate surface area is 107 Å². The zero-order valence-electron chi connectivity index (χ0n) is 10.2. The second-order valence-corrected chi connectivity index (χ2v) is 4.47. The highest BCUT2D eigenvalue weighted by molar-refractivity contribution is 6.31. The molecule has 0 amide bonds. The van der Waals surface area contributed by atoms with Crippen molar-refractivity contribution in [3.63, 3.8) is 0 Å². The van der Waals surface area contributed by atoms with Crippen molar-refractivity contribution in [3.05, 3.63) is 28.3 Å². The van der Waals surface area contributed by atoms with Crippen LogP contribution in [0.1, 0.15) is 30.8 Å². The van der Waals surface area contributed by atoms with E-state index < -0.39 is 0 Å². The van der Waals surface area contributed by atoms with Crippen LogP contribution in [-0.4, -0.2) is 19.8 Å². The van der Waals surface area contributed by atoms with E-state index in [1.807, 2.05) is 19.1 Å². The summed E-state index contributed by atoms with van der Waals surface area (Å²) in [5.74, 6) is 0.806. The molecule has 17 heavy (non-hydrogen) atoms. The van der Waals surface area contributed by atoms with Crippen LogP contribution in [0.5, 0.6) is 5.75 Å². The Bertz CT molecular complexity index is 386. The summed E-state index contributed by atoms with van der Waals surface area (Å²) < 4.78 is 16.7. The Balaban J connectivity index is 2.29. The number of ether oxygens (including phenoxy) is 3. The molecule has 1 aromatic rings. The third-order valence-corrected chi connectivity index (χ3v) is 3.04. The molecular weight excluding hydrogens is 240 g/mol. The van der Waals surface area contributed by atoms with Crippen molar-refractivity contribution in [1.29, 1.82) is 0 Å². The van der Waals surface area contributed by atoms with Crippen molar-refractivity contribution in [2.45, 2.75) is 26.6 Å². The fourth-order valence-electron chi connectivity index (χ4n) is 1.73. The third kappa shape index (κ3) is 2.92. The molecule has 0 N–H and O–H groups in total. The van der Waals surface area contributed by atoms with Gasteiger partial charge in [-0.3, -0.25) is 0 Å². The monoisotopic (exact) mass is 256 g/mol. The standard InChI is InChI=1S/C13H17ClO3/c1-3-4-15-12-7-9(2)11(14)8-10(12)13-16-5-6-17-13/h7-8,13H,3-6H2,1-2H3. The van der Waals surface area contributed by atoms with Gasteiger partial charge in [-0.15, -0.1) is 0 Å². The summed E-state index contributed by atoms with van der Waals surface area (Å²) >= 11 is 6.13. The molecule has 0 saturated carbocycles. The zero-order chi connectivity index (χ0) is 12.3. The lowest BCUT2D eigenvalue weighted by Crippen LogP contribution is -2.05. The highest BCUT2D eigenvalue weighted by atomic mass is 35.5. The van der Waals surface area contributed by atoms with Gasteiger partial charge < -0.3 is 14.2 Å². The van der Waals surface area contributed by atoms with E-state index in [1.165, 1.54) is 0 Å². The first-order valence-electron chi connectivity index (χ1n) is 5.88. The average molecular weight is 257 g/mol. The maximum atomic E-state index is 6.13. The summed E-state index contributed by atoms with van der Waals surface area (Å²) in [6.07, 6.45) is 0.619. The molecule has 1 aliphatic heterocycles. The molecule has 0 unspecified atom stereocenters. The van der Waals surface area contributed by atoms with Crippen molar-refractivity contribution >= 4 is 11.6 Å². The van der Waals surface area contributed by atoms with Gasteiger partial charge in [0.25, 0.3) is 0 Å². The van der Waals surface area contributed by atoms with Gasteiger partial charge in [-0.1, -0.05) is 18.5 Å². The minimum atomic E-state index is -0.347. The Kier molecular flexibility index (Phi) is 4.26. The molecule has 1 saturated heterocycles. The van der Waals surface area contributed by atoms with Gasteiger partial charge in [0.2, 0.25) is 0 Å². The van der Waals surface area contributed by atoms with Gasteiger partial charge in [-0.25, -0.2) is 0 Å². The minimum Gasteiger partial charge on any atom is -0.493 e. The summed E-state index contributed by atoms with van der Waals surface area (Å²) in [6, 6.07) is 3.82. The molecule has 0 radical (unpaired) electrons. The molecule has 4 heteroatoms. The SMILES string of the molecule is CCCOc1cc(C)c(Cl)cc1C1OCCO1. The van der Waals surface area contributed by atoms with Crippen molar-refractivity contribution in [2.24, 2.45) is 0 Å². The molecule has 0 aliphatic carbocycles. The van der Waals surface area contributed by atoms with Gasteiger partial charge >= 0.3 is 0 Å². The molecule has 94 valence electrons. The molecule has 0 bridgehead atoms. The lowest BCUT2D eigenvalue weighted by molar-refractivity contribution is -0.0457. The van der Waals surface area contributed by atoms with E-state index in [9.17, 15) is 0 Å². The van der Waals surface area contributed by atoms with Gasteiger partial charge in [0, 0.05) is 5.02 Å². The van der Waals surface area contributed by atoms with E-state index in [0.717, 1.165) is 23.3 Å². The second kappa shape index (κ2) is 5.71. The first-order valence-corrected chi connectivity index (χ1v) is 6.26. The fraction of sp³-hybridized carbons (Fsp3) is 0.538. The van der Waals surface area contributed by atoms with Gasteiger partial charge in [-0.05, 0) is 31.0 Å². The van der Waals surface area contributed by atoms with Crippen LogP contribution >= 0.6 is 11.6 Å². The Morgan fingerprint density at radius 3 is 2.71 bits per heavy atom. The smallest absolute Gasteiger partial charge is 0.187 e. The van der Waals surface area contributed by atoms with Crippen LogP contribution in [0, 0.1) is 6.92 Å². The Morgan fingerprint density at radius 1 is 1.35 bits per heavy atom. The molecule has 0 aromatic heterocycles. The van der Waals surface area contributed by atoms with Crippen molar-refractivity contribution in [2.75, 3.05) is 19.8 Å². The van der Waals surface area contributed by atoms with Crippen molar-refractivity contribution < 1.29 is 14.2 Å². The summed E-state index contributed by atoms with van der Waals surface area (Å²) in [7, 11) is 0. The number of hydrogen-bond acceptors (Lipinski definition) is 3. The lowest BCUT2D eigenvalue weighted by Gasteiger charge is -2.16. The predicted molar refractivity (Wildman–Crippen MR) is 66.6 cm³/mol. The zero-order valence-corrected chi connectivity index (χ0v) is 10.9. The van der Waals surface area contributed by atoms with E-state index in [1.54, 1.807) is 0 Å². The normalized spacial score (nSPS) is 16.4. The highest BCUT2D eigenvalue weighted by Gasteiger charge is 2.23. The first kappa shape index (κ1) is 12.7. The topological polar surface area (TPSA) is 27.7 Å². The lowest BCUT2D eigenvalue weighted by atomic mass is 10.1. The molecule has 2 rings (SSSR count). The second-order valence-electron chi connectivity index (χ2n) is 4.06. The third-order valence-electron chi connectivity index (χ3n) is 2.63. The van der Waals surface area contributed by atoms with Gasteiger partial charge in [-0.2, -0.15) is 0 Å². The summed E-state index contributed by atoms with van der Waals surface area (Å²) in [6.45, 7) is 5.94. The van der Waals surface area contributed by atoms with Crippen LogP contribution in [0.2, 0.25) is 5.02 Å². The van der Waals surface area contributed by atoms with E-state index >= 15 is 0 Å². The van der Waals surface area contributed by atoms with Crippen LogP contribution in [0.25, 0.3) is 0 Å². The summed E-state index contributed by atoms with van der Waals surface area (Å²) in [5, 5.41) is 0.711. The van der Waals surface area contributed by atoms with E-state index in [0.29, 0.717) is 24.8 Å². The Hall–Kier alpha value is -0.770. The molecule has 1 aliphatic rings. The summed E-state index contributed by atoms with van der Waals surface area (Å²) in [4.78, 5) is 0. The van der Waals surface area contributed by atoms with Crippen LogP contribution in [0.15, 0.2) is 12.1 Å². The highest BCUT2D eigenvalue weighted by Crippen LogP contribution is 2.35. The van der Waals surface area contributed by atoms with Crippen molar-refractivity contribution in [3.8, 4) is 5.75 Å². The number of aryl methyl sites for hydroxylation is 1. The van der Waals surface area contributed by atoms with E-state index in [4.69, 9.17) is 25.8 Å². The maximum absolute atomic E-state index is 6.13. The molecular formula is C13H17ClO3. The van der Waals surface area contributed by atoms with Gasteiger partial charge in [0.15, 0.2) is 6.29 Å². The largest absolute Gasteiger partial charge is 0.493 e. The predicted octanol–water partition coefficient (Wildman–Crippen LogP) is 3.48. The van der Waals surface area contributed by atoms with Gasteiger partial charge in [0.05, 0.1) is 25.4 Å². The van der Waals surface area contributed by atoms with Crippen LogP contribution in [0.3, 0.4) is 0 Å². The molecule has 0 atom stereocenters. The number of halogens is 1. The van der Waals surface area contributed by atoms with Crippen LogP contribution in [0.4, 0.5) is 0 Å². The Morgan fingerprint density at radius 2 is 2.06 bits per heavy atom. The number of rotatable bonds is 4. The van der Waals surface area contributed by atoms with Crippen LogP contribution < -0.4 is 4.74 Å². The molecule has 3 nitrogen and oxygen atoms in total. The molecule has 1 aromatic carbocycles. The molecule has 1 heterocycles.